The Kier molecular flexibility index (Phi) is 5.61. The van der Waals surface area contributed by atoms with Crippen LogP contribution in [-0.2, 0) is 0 Å². The van der Waals surface area contributed by atoms with Gasteiger partial charge in [-0.1, -0.05) is 133 Å². The van der Waals surface area contributed by atoms with Crippen LogP contribution in [0.3, 0.4) is 0 Å². The largest absolute Gasteiger partial charge is 0.285 e. The van der Waals surface area contributed by atoms with Crippen LogP contribution in [-0.4, -0.2) is 9.55 Å². The summed E-state index contributed by atoms with van der Waals surface area (Å²) in [6.45, 7) is 0. The summed E-state index contributed by atoms with van der Waals surface area (Å²) in [5, 5.41) is 8.73. The van der Waals surface area contributed by atoms with Crippen LogP contribution in [0, 0.1) is 0 Å². The Morgan fingerprint density at radius 2 is 0.812 bits per heavy atom. The number of benzene rings is 7. The van der Waals surface area contributed by atoms with E-state index in [9.17, 15) is 0 Å². The molecule has 48 heavy (non-hydrogen) atoms. The molecule has 11 aromatic rings. The van der Waals surface area contributed by atoms with Crippen molar-refractivity contribution in [3.05, 3.63) is 146 Å². The van der Waals surface area contributed by atoms with E-state index in [0.29, 0.717) is 0 Å². The normalized spacial score (nSPS) is 12.2. The summed E-state index contributed by atoms with van der Waals surface area (Å²) in [5.41, 5.74) is 8.33. The van der Waals surface area contributed by atoms with Crippen molar-refractivity contribution < 1.29 is 0 Å². The molecule has 224 valence electrons. The molecule has 2 nitrogen and oxygen atoms in total. The van der Waals surface area contributed by atoms with Gasteiger partial charge in [0.2, 0.25) is 0 Å². The molecule has 0 aliphatic carbocycles. The van der Waals surface area contributed by atoms with Crippen LogP contribution in [0.5, 0.6) is 0 Å². The monoisotopic (exact) mass is 664 g/mol. The highest BCUT2D eigenvalue weighted by molar-refractivity contribution is 7.27. The summed E-state index contributed by atoms with van der Waals surface area (Å²) >= 11 is 5.56. The highest BCUT2D eigenvalue weighted by Gasteiger charge is 2.22. The maximum atomic E-state index is 5.59. The number of fused-ring (bicyclic) bond motifs is 10. The van der Waals surface area contributed by atoms with Gasteiger partial charge in [-0.25, -0.2) is 4.98 Å². The molecular weight excluding hydrogens is 641 g/mol. The van der Waals surface area contributed by atoms with Crippen LogP contribution in [0.1, 0.15) is 0 Å². The highest BCUT2D eigenvalue weighted by Crippen LogP contribution is 2.48. The van der Waals surface area contributed by atoms with Crippen molar-refractivity contribution in [3.63, 3.8) is 0 Å². The zero-order valence-corrected chi connectivity index (χ0v) is 27.9. The second-order valence-corrected chi connectivity index (χ2v) is 15.3. The van der Waals surface area contributed by atoms with Gasteiger partial charge in [-0.2, -0.15) is 0 Å². The van der Waals surface area contributed by atoms with Gasteiger partial charge in [-0.05, 0) is 24.3 Å². The van der Waals surface area contributed by atoms with Gasteiger partial charge in [0.25, 0.3) is 0 Å². The Hall–Kier alpha value is -5.33. The summed E-state index contributed by atoms with van der Waals surface area (Å²) in [7, 11) is 0. The number of hydrogen-bond donors (Lipinski definition) is 0. The van der Waals surface area contributed by atoms with E-state index < -0.39 is 0 Å². The fourth-order valence-electron chi connectivity index (χ4n) is 7.57. The molecule has 0 fully saturated rings. The Morgan fingerprint density at radius 1 is 0.354 bits per heavy atom. The highest BCUT2D eigenvalue weighted by atomic mass is 32.1. The van der Waals surface area contributed by atoms with Crippen molar-refractivity contribution in [2.75, 3.05) is 0 Å². The number of rotatable bonds is 3. The lowest BCUT2D eigenvalue weighted by molar-refractivity contribution is 1.15. The van der Waals surface area contributed by atoms with Crippen LogP contribution in [0.2, 0.25) is 0 Å². The second kappa shape index (κ2) is 10.1. The maximum Gasteiger partial charge on any atom is 0.195 e. The van der Waals surface area contributed by atoms with Crippen molar-refractivity contribution in [3.8, 4) is 27.4 Å². The zero-order chi connectivity index (χ0) is 31.3. The van der Waals surface area contributed by atoms with Gasteiger partial charge >= 0.3 is 0 Å². The fourth-order valence-corrected chi connectivity index (χ4v) is 11.2. The second-order valence-electron chi connectivity index (χ2n) is 12.3. The first-order valence-electron chi connectivity index (χ1n) is 16.1. The molecule has 0 unspecified atom stereocenters. The third kappa shape index (κ3) is 3.69. The van der Waals surface area contributed by atoms with Gasteiger partial charge in [0.1, 0.15) is 0 Å². The molecule has 0 aliphatic rings. The van der Waals surface area contributed by atoms with E-state index in [4.69, 9.17) is 4.98 Å². The molecular formula is C43H24N2S3. The van der Waals surface area contributed by atoms with Gasteiger partial charge in [-0.3, -0.25) is 4.57 Å². The minimum Gasteiger partial charge on any atom is -0.285 e. The predicted molar refractivity (Wildman–Crippen MR) is 211 cm³/mol. The third-order valence-electron chi connectivity index (χ3n) is 9.69. The van der Waals surface area contributed by atoms with Crippen LogP contribution >= 0.6 is 34.0 Å². The minimum absolute atomic E-state index is 0.989. The lowest BCUT2D eigenvalue weighted by atomic mass is 9.97. The van der Waals surface area contributed by atoms with Crippen molar-refractivity contribution in [1.29, 1.82) is 0 Å². The van der Waals surface area contributed by atoms with Gasteiger partial charge < -0.3 is 0 Å². The van der Waals surface area contributed by atoms with E-state index in [-0.39, 0.29) is 0 Å². The lowest BCUT2D eigenvalue weighted by Crippen LogP contribution is -1.92. The third-order valence-corrected chi connectivity index (χ3v) is 13.2. The first-order valence-corrected chi connectivity index (χ1v) is 18.5. The number of hydrogen-bond acceptors (Lipinski definition) is 4. The summed E-state index contributed by atoms with van der Waals surface area (Å²) in [6, 6.07) is 53.1. The number of para-hydroxylation sites is 2. The molecule has 0 radical (unpaired) electrons. The first kappa shape index (κ1) is 26.7. The van der Waals surface area contributed by atoms with Gasteiger partial charge in [-0.15, -0.1) is 22.7 Å². The summed E-state index contributed by atoms with van der Waals surface area (Å²) in [6.07, 6.45) is 0. The number of aromatic nitrogens is 2. The van der Waals surface area contributed by atoms with Crippen molar-refractivity contribution in [1.82, 2.24) is 9.55 Å². The van der Waals surface area contributed by atoms with Crippen LogP contribution < -0.4 is 0 Å². The predicted octanol–water partition coefficient (Wildman–Crippen LogP) is 13.5. The van der Waals surface area contributed by atoms with E-state index in [1.165, 1.54) is 89.1 Å². The lowest BCUT2D eigenvalue weighted by Gasteiger charge is -2.09. The SMILES string of the molecule is c1ccc2c(c1)sc1c(-c3ccc(-c4cccc5c4sc4ccccc45)c4sc(-n5c6ccccc6c6ccccc65)nc34)cccc12. The van der Waals surface area contributed by atoms with Crippen LogP contribution in [0.4, 0.5) is 0 Å². The Balaban J connectivity index is 1.25. The molecule has 0 aliphatic heterocycles. The molecule has 0 N–H and O–H groups in total. The van der Waals surface area contributed by atoms with Crippen molar-refractivity contribution in [2.24, 2.45) is 0 Å². The summed E-state index contributed by atoms with van der Waals surface area (Å²) in [4.78, 5) is 5.59. The van der Waals surface area contributed by atoms with E-state index >= 15 is 0 Å². The standard InChI is InChI=1S/C43H24N2S3/c1-5-19-35-25(11-1)26-12-2-6-20-36(26)45(35)43-44-39-29(32-17-9-15-30-27-13-3-7-21-37(27)46-40(30)32)23-24-34(42(39)48-43)33-18-10-16-31-28-14-4-8-22-38(28)47-41(31)33/h1-24H. The molecule has 0 saturated carbocycles. The average Bonchev–Trinajstić information content (AvgIpc) is 3.91. The van der Waals surface area contributed by atoms with Gasteiger partial charge in [0.15, 0.2) is 5.13 Å². The first-order chi connectivity index (χ1) is 23.8. The van der Waals surface area contributed by atoms with E-state index in [2.05, 4.69) is 150 Å². The molecule has 0 amide bonds. The number of thiophene rings is 2. The zero-order valence-electron chi connectivity index (χ0n) is 25.5. The molecule has 7 aromatic carbocycles. The van der Waals surface area contributed by atoms with Crippen LogP contribution in [0.25, 0.3) is 99.8 Å². The van der Waals surface area contributed by atoms with Gasteiger partial charge in [0, 0.05) is 73.4 Å². The Bertz CT molecular complexity index is 2880. The molecule has 0 atom stereocenters. The number of nitrogens with zero attached hydrogens (tertiary/aromatic N) is 2. The Labute approximate surface area is 287 Å². The van der Waals surface area contributed by atoms with E-state index in [1.54, 1.807) is 11.3 Å². The number of thiazole rings is 1. The fraction of sp³-hybridized carbons (Fsp3) is 0. The molecule has 11 rings (SSSR count). The summed E-state index contributed by atoms with van der Waals surface area (Å²) < 4.78 is 8.85. The molecule has 0 spiro atoms. The van der Waals surface area contributed by atoms with Crippen molar-refractivity contribution in [2.45, 2.75) is 0 Å². The average molecular weight is 665 g/mol. The molecule has 0 bridgehead atoms. The van der Waals surface area contributed by atoms with Crippen molar-refractivity contribution >= 4 is 106 Å². The topological polar surface area (TPSA) is 17.8 Å². The minimum atomic E-state index is 0.989. The molecule has 4 aromatic heterocycles. The van der Waals surface area contributed by atoms with E-state index in [1.807, 2.05) is 22.7 Å². The molecule has 5 heteroatoms. The van der Waals surface area contributed by atoms with Gasteiger partial charge in [0.05, 0.1) is 21.3 Å². The molecule has 0 saturated heterocycles. The summed E-state index contributed by atoms with van der Waals surface area (Å²) in [5.74, 6) is 0. The maximum absolute atomic E-state index is 5.59. The smallest absolute Gasteiger partial charge is 0.195 e. The van der Waals surface area contributed by atoms with E-state index in [0.717, 1.165) is 10.6 Å². The quantitative estimate of drug-likeness (QED) is 0.184. The molecule has 4 heterocycles. The van der Waals surface area contributed by atoms with Crippen LogP contribution in [0.15, 0.2) is 146 Å². The Morgan fingerprint density at radius 3 is 1.42 bits per heavy atom.